The van der Waals surface area contributed by atoms with E-state index in [1.54, 1.807) is 0 Å². The highest BCUT2D eigenvalue weighted by molar-refractivity contribution is 8.13. The van der Waals surface area contributed by atoms with Crippen molar-refractivity contribution in [1.29, 1.82) is 0 Å². The number of halogens is 6. The molecule has 0 amide bonds. The molecule has 1 N–H and O–H groups in total. The molecule has 138 valence electrons. The Labute approximate surface area is 129 Å². The van der Waals surface area contributed by atoms with Crippen LogP contribution in [0.2, 0.25) is 0 Å². The maximum absolute atomic E-state index is 11.4. The molecule has 0 unspecified atom stereocenters. The summed E-state index contributed by atoms with van der Waals surface area (Å²) in [5, 5.41) is 0. The van der Waals surface area contributed by atoms with Crippen molar-refractivity contribution in [3.8, 4) is 0 Å². The van der Waals surface area contributed by atoms with Crippen LogP contribution in [0.1, 0.15) is 0 Å². The topological polar surface area (TPSA) is 86.8 Å². The van der Waals surface area contributed by atoms with Gasteiger partial charge in [0.15, 0.2) is 20.0 Å². The van der Waals surface area contributed by atoms with E-state index in [0.717, 1.165) is 17.2 Å². The van der Waals surface area contributed by atoms with Gasteiger partial charge in [-0.3, -0.25) is 0 Å². The second kappa shape index (κ2) is 8.65. The molecule has 0 aliphatic carbocycles. The smallest absolute Gasteiger partial charge is 0.421 e. The lowest BCUT2D eigenvalue weighted by atomic mass is 10.5. The van der Waals surface area contributed by atoms with Crippen LogP contribution in [-0.4, -0.2) is 48.0 Å². The lowest BCUT2D eigenvalue weighted by Gasteiger charge is -2.22. The molecule has 0 aliphatic rings. The second-order valence-corrected chi connectivity index (χ2v) is 7.28. The minimum Gasteiger partial charge on any atom is -0.421 e. The summed E-state index contributed by atoms with van der Waals surface area (Å²) < 4.78 is 109. The van der Waals surface area contributed by atoms with Crippen LogP contribution in [-0.2, 0) is 20.0 Å². The van der Waals surface area contributed by atoms with E-state index in [-0.39, 0.29) is 0 Å². The lowest BCUT2D eigenvalue weighted by Crippen LogP contribution is -3.08. The summed E-state index contributed by atoms with van der Waals surface area (Å²) in [5.41, 5.74) is -12.4. The van der Waals surface area contributed by atoms with Crippen LogP contribution in [0.4, 0.5) is 26.3 Å². The van der Waals surface area contributed by atoms with Gasteiger partial charge in [-0.15, -0.1) is 0 Å². The maximum atomic E-state index is 11.4. The third kappa shape index (κ3) is 8.92. The summed E-state index contributed by atoms with van der Waals surface area (Å²) >= 11 is 0. The van der Waals surface area contributed by atoms with Crippen molar-refractivity contribution in [2.24, 2.45) is 0 Å². The van der Waals surface area contributed by atoms with E-state index in [2.05, 4.69) is 20.2 Å². The number of rotatable bonds is 6. The molecule has 6 nitrogen and oxygen atoms in total. The zero-order chi connectivity index (χ0) is 19.1. The lowest BCUT2D eigenvalue weighted by molar-refractivity contribution is -0.866. The van der Waals surface area contributed by atoms with E-state index < -0.39 is 31.1 Å². The fourth-order valence-electron chi connectivity index (χ4n) is 0.790. The first-order chi connectivity index (χ1) is 10.0. The van der Waals surface area contributed by atoms with Crippen LogP contribution in [0.3, 0.4) is 0 Å². The van der Waals surface area contributed by atoms with Gasteiger partial charge in [0.2, 0.25) is 0 Å². The predicted molar refractivity (Wildman–Crippen MR) is 70.3 cm³/mol. The molecule has 0 radical (unpaired) electrons. The molecule has 0 spiro atoms. The van der Waals surface area contributed by atoms with Crippen LogP contribution >= 0.6 is 0 Å². The standard InChI is InChI=1S/C7H13N.C2F6NO4S2/c1-4-6-8(3)7-5-2;3-1(4,5)14(10,11)9-15(12,13)2(6,7)8/h4-5H,1-2,6-7H2,3H3;/q;-1/p+1. The normalized spacial score (nSPS) is 13.2. The van der Waals surface area contributed by atoms with Crippen molar-refractivity contribution < 1.29 is 48.1 Å². The van der Waals surface area contributed by atoms with E-state index in [0.29, 0.717) is 0 Å². The Kier molecular flexibility index (Phi) is 9.08. The molecule has 0 atom stereocenters. The molecule has 0 fully saturated rings. The zero-order valence-corrected chi connectivity index (χ0v) is 13.3. The molecule has 0 aromatic carbocycles. The van der Waals surface area contributed by atoms with Crippen molar-refractivity contribution in [3.05, 3.63) is 29.4 Å². The summed E-state index contributed by atoms with van der Waals surface area (Å²) in [5.74, 6) is 0. The first kappa shape index (κ1) is 24.1. The van der Waals surface area contributed by atoms with E-state index in [1.807, 2.05) is 12.2 Å². The van der Waals surface area contributed by atoms with E-state index in [9.17, 15) is 43.2 Å². The van der Waals surface area contributed by atoms with Crippen molar-refractivity contribution in [2.45, 2.75) is 11.0 Å². The Balaban J connectivity index is 0. The van der Waals surface area contributed by atoms with Crippen molar-refractivity contribution in [3.63, 3.8) is 0 Å². The Hall–Kier alpha value is -1.12. The highest BCUT2D eigenvalue weighted by Gasteiger charge is 2.46. The summed E-state index contributed by atoms with van der Waals surface area (Å²) in [6, 6.07) is 0. The van der Waals surface area contributed by atoms with Gasteiger partial charge < -0.3 is 9.03 Å². The Morgan fingerprint density at radius 3 is 1.30 bits per heavy atom. The molecule has 0 rings (SSSR count). The molecule has 0 saturated carbocycles. The van der Waals surface area contributed by atoms with Crippen LogP contribution < -0.4 is 4.90 Å². The van der Waals surface area contributed by atoms with Gasteiger partial charge >= 0.3 is 11.0 Å². The van der Waals surface area contributed by atoms with Crippen molar-refractivity contribution >= 4 is 20.0 Å². The number of hydrogen-bond donors (Lipinski definition) is 1. The third-order valence-corrected chi connectivity index (χ3v) is 4.51. The van der Waals surface area contributed by atoms with Gasteiger partial charge in [0, 0.05) is 0 Å². The van der Waals surface area contributed by atoms with Crippen LogP contribution in [0.15, 0.2) is 25.3 Å². The van der Waals surface area contributed by atoms with Crippen molar-refractivity contribution in [1.82, 2.24) is 0 Å². The fourth-order valence-corrected chi connectivity index (χ4v) is 2.50. The van der Waals surface area contributed by atoms with E-state index in [1.165, 1.54) is 4.90 Å². The largest absolute Gasteiger partial charge is 0.480 e. The van der Waals surface area contributed by atoms with Gasteiger partial charge in [-0.25, -0.2) is 16.8 Å². The number of sulfonamides is 2. The molecule has 0 saturated heterocycles. The average molecular weight is 392 g/mol. The van der Waals surface area contributed by atoms with Gasteiger partial charge in [0.05, 0.1) is 20.1 Å². The van der Waals surface area contributed by atoms with Crippen LogP contribution in [0.25, 0.3) is 4.13 Å². The predicted octanol–water partition coefficient (Wildman–Crippen LogP) is 0.932. The van der Waals surface area contributed by atoms with E-state index >= 15 is 0 Å². The Morgan fingerprint density at radius 2 is 1.13 bits per heavy atom. The minimum atomic E-state index is -6.72. The van der Waals surface area contributed by atoms with Gasteiger partial charge in [0.25, 0.3) is 0 Å². The van der Waals surface area contributed by atoms with Crippen LogP contribution in [0.5, 0.6) is 0 Å². The molecule has 0 heterocycles. The second-order valence-electron chi connectivity index (χ2n) is 3.86. The number of nitrogens with one attached hydrogen (secondary N) is 1. The number of quaternary nitrogens is 1. The monoisotopic (exact) mass is 392 g/mol. The quantitative estimate of drug-likeness (QED) is 0.538. The molecule has 14 heteroatoms. The molecule has 0 bridgehead atoms. The van der Waals surface area contributed by atoms with Crippen LogP contribution in [0, 0.1) is 0 Å². The minimum absolute atomic E-state index is 0.778. The summed E-state index contributed by atoms with van der Waals surface area (Å²) in [7, 11) is -11.3. The fraction of sp³-hybridized carbons (Fsp3) is 0.556. The number of nitrogens with zero attached hydrogens (tertiary/aromatic N) is 1. The van der Waals surface area contributed by atoms with E-state index in [4.69, 9.17) is 0 Å². The summed E-state index contributed by atoms with van der Waals surface area (Å²) in [6.45, 7) is 9.30. The average Bonchev–Trinajstić information content (AvgIpc) is 2.25. The van der Waals surface area contributed by atoms with Gasteiger partial charge in [0.1, 0.15) is 0 Å². The van der Waals surface area contributed by atoms with Gasteiger partial charge in [-0.2, -0.15) is 26.3 Å². The first-order valence-corrected chi connectivity index (χ1v) is 8.29. The molecular weight excluding hydrogens is 378 g/mol. The van der Waals surface area contributed by atoms with Gasteiger partial charge in [-0.1, -0.05) is 13.2 Å². The van der Waals surface area contributed by atoms with Gasteiger partial charge in [-0.05, 0) is 12.2 Å². The number of hydrogen-bond acceptors (Lipinski definition) is 4. The molecule has 0 aromatic rings. The van der Waals surface area contributed by atoms with Crippen molar-refractivity contribution in [2.75, 3.05) is 20.1 Å². The Bertz CT molecular complexity index is 543. The first-order valence-electron chi connectivity index (χ1n) is 5.41. The Morgan fingerprint density at radius 1 is 0.870 bits per heavy atom. The molecular formula is C9H14F6N2O4S2. The highest BCUT2D eigenvalue weighted by atomic mass is 32.3. The number of alkyl halides is 6. The zero-order valence-electron chi connectivity index (χ0n) is 11.6. The maximum Gasteiger partial charge on any atom is 0.480 e. The summed E-state index contributed by atoms with van der Waals surface area (Å²) in [6.07, 6.45) is 3.83. The molecule has 0 aliphatic heterocycles. The highest BCUT2D eigenvalue weighted by Crippen LogP contribution is 2.36. The SMILES string of the molecule is C=CC[NH+](C)CC=C.O=S(=O)([N-]S(=O)(=O)C(F)(F)F)C(F)(F)F. The molecule has 0 aromatic heterocycles. The summed E-state index contributed by atoms with van der Waals surface area (Å²) in [4.78, 5) is 1.43. The third-order valence-electron chi connectivity index (χ3n) is 1.77. The number of likely N-dealkylation sites (N-methyl/N-ethyl adjacent to an activating group) is 1. The molecule has 23 heavy (non-hydrogen) atoms.